The number of hydrogen-bond donors (Lipinski definition) is 2. The summed E-state index contributed by atoms with van der Waals surface area (Å²) in [5.74, 6) is 0.444. The van der Waals surface area contributed by atoms with Crippen LogP contribution >= 0.6 is 11.8 Å². The second-order valence-corrected chi connectivity index (χ2v) is 5.55. The highest BCUT2D eigenvalue weighted by Crippen LogP contribution is 2.23. The number of amides is 1. The van der Waals surface area contributed by atoms with Gasteiger partial charge in [-0.3, -0.25) is 4.79 Å². The summed E-state index contributed by atoms with van der Waals surface area (Å²) < 4.78 is 0. The summed E-state index contributed by atoms with van der Waals surface area (Å²) in [6.07, 6.45) is 0. The summed E-state index contributed by atoms with van der Waals surface area (Å²) in [6.45, 7) is 2.37. The largest absolute Gasteiger partial charge is 0.352 e. The van der Waals surface area contributed by atoms with Crippen molar-refractivity contribution in [2.45, 2.75) is 17.9 Å². The molecule has 2 aromatic carbocycles. The Morgan fingerprint density at radius 3 is 2.74 bits per heavy atom. The zero-order valence-electron chi connectivity index (χ0n) is 10.9. The van der Waals surface area contributed by atoms with E-state index in [9.17, 15) is 4.79 Å². The lowest BCUT2D eigenvalue weighted by atomic mass is 10.1. The molecule has 0 radical (unpaired) electrons. The van der Waals surface area contributed by atoms with Gasteiger partial charge in [0.05, 0.1) is 5.75 Å². The summed E-state index contributed by atoms with van der Waals surface area (Å²) in [4.78, 5) is 12.8. The Balaban J connectivity index is 1.96. The zero-order valence-corrected chi connectivity index (χ0v) is 11.7. The van der Waals surface area contributed by atoms with Crippen LogP contribution < -0.4 is 11.1 Å². The van der Waals surface area contributed by atoms with E-state index in [1.807, 2.05) is 25.1 Å². The number of carbonyl (C=O) groups excluding carboxylic acids is 1. The van der Waals surface area contributed by atoms with E-state index in [-0.39, 0.29) is 11.9 Å². The number of rotatable bonds is 5. The van der Waals surface area contributed by atoms with Gasteiger partial charge >= 0.3 is 0 Å². The number of thioether (sulfide) groups is 1. The summed E-state index contributed by atoms with van der Waals surface area (Å²) in [6, 6.07) is 14.5. The summed E-state index contributed by atoms with van der Waals surface area (Å²) >= 11 is 1.54. The predicted octanol–water partition coefficient (Wildman–Crippen LogP) is 2.40. The number of nitrogens with one attached hydrogen (secondary N) is 1. The van der Waals surface area contributed by atoms with E-state index < -0.39 is 0 Å². The van der Waals surface area contributed by atoms with Crippen LogP contribution in [0.1, 0.15) is 6.92 Å². The van der Waals surface area contributed by atoms with Crippen LogP contribution in [0.5, 0.6) is 0 Å². The lowest BCUT2D eigenvalue weighted by Crippen LogP contribution is -2.38. The molecule has 1 amide bonds. The van der Waals surface area contributed by atoms with Crippen LogP contribution in [0, 0.1) is 0 Å². The minimum absolute atomic E-state index is 0.0242. The fourth-order valence-electron chi connectivity index (χ4n) is 1.78. The highest BCUT2D eigenvalue weighted by atomic mass is 32.2. The van der Waals surface area contributed by atoms with Gasteiger partial charge in [-0.1, -0.05) is 30.3 Å². The van der Waals surface area contributed by atoms with Crippen LogP contribution in [0.2, 0.25) is 0 Å². The predicted molar refractivity (Wildman–Crippen MR) is 81.3 cm³/mol. The standard InChI is InChI=1S/C15H18N2OS/c1-11(9-16)17-15(18)10-19-14-7-6-12-4-2-3-5-13(12)8-14/h2-8,11H,9-10,16H2,1H3,(H,17,18)/t11-/m0/s1. The normalized spacial score (nSPS) is 12.3. The van der Waals surface area contributed by atoms with Gasteiger partial charge in [0.25, 0.3) is 0 Å². The van der Waals surface area contributed by atoms with Gasteiger partial charge in [-0.05, 0) is 29.8 Å². The molecule has 19 heavy (non-hydrogen) atoms. The molecule has 0 heterocycles. The van der Waals surface area contributed by atoms with Crippen molar-refractivity contribution >= 4 is 28.4 Å². The fourth-order valence-corrected chi connectivity index (χ4v) is 2.54. The highest BCUT2D eigenvalue weighted by Gasteiger charge is 2.06. The number of fused-ring (bicyclic) bond motifs is 1. The zero-order chi connectivity index (χ0) is 13.7. The first-order valence-corrected chi connectivity index (χ1v) is 7.28. The lowest BCUT2D eigenvalue weighted by Gasteiger charge is -2.11. The molecule has 1 atom stereocenters. The van der Waals surface area contributed by atoms with Gasteiger partial charge in [0, 0.05) is 17.5 Å². The van der Waals surface area contributed by atoms with Gasteiger partial charge in [0.2, 0.25) is 5.91 Å². The third-order valence-electron chi connectivity index (χ3n) is 2.85. The second-order valence-electron chi connectivity index (χ2n) is 4.50. The van der Waals surface area contributed by atoms with Gasteiger partial charge in [-0.2, -0.15) is 0 Å². The fraction of sp³-hybridized carbons (Fsp3) is 0.267. The van der Waals surface area contributed by atoms with Crippen molar-refractivity contribution in [2.24, 2.45) is 5.73 Å². The van der Waals surface area contributed by atoms with Crippen molar-refractivity contribution in [2.75, 3.05) is 12.3 Å². The van der Waals surface area contributed by atoms with Crippen molar-refractivity contribution < 1.29 is 4.79 Å². The van der Waals surface area contributed by atoms with Crippen molar-refractivity contribution in [3.63, 3.8) is 0 Å². The molecule has 100 valence electrons. The minimum atomic E-state index is 0.0242. The first-order valence-electron chi connectivity index (χ1n) is 6.30. The number of benzene rings is 2. The molecule has 2 rings (SSSR count). The van der Waals surface area contributed by atoms with E-state index in [4.69, 9.17) is 5.73 Å². The van der Waals surface area contributed by atoms with Crippen LogP contribution in [0.4, 0.5) is 0 Å². The van der Waals surface area contributed by atoms with E-state index in [2.05, 4.69) is 29.6 Å². The van der Waals surface area contributed by atoms with Crippen molar-refractivity contribution in [3.8, 4) is 0 Å². The smallest absolute Gasteiger partial charge is 0.230 e. The molecule has 0 bridgehead atoms. The van der Waals surface area contributed by atoms with E-state index in [0.29, 0.717) is 12.3 Å². The number of nitrogens with two attached hydrogens (primary N) is 1. The number of hydrogen-bond acceptors (Lipinski definition) is 3. The molecule has 0 spiro atoms. The van der Waals surface area contributed by atoms with Crippen LogP contribution in [0.15, 0.2) is 47.4 Å². The van der Waals surface area contributed by atoms with E-state index in [0.717, 1.165) is 4.90 Å². The SMILES string of the molecule is C[C@@H](CN)NC(=O)CSc1ccc2ccccc2c1. The molecule has 3 N–H and O–H groups in total. The summed E-state index contributed by atoms with van der Waals surface area (Å²) in [5.41, 5.74) is 5.47. The molecule has 4 heteroatoms. The Morgan fingerprint density at radius 1 is 1.26 bits per heavy atom. The quantitative estimate of drug-likeness (QED) is 0.823. The van der Waals surface area contributed by atoms with Crippen LogP contribution in [0.25, 0.3) is 10.8 Å². The van der Waals surface area contributed by atoms with Crippen LogP contribution in [0.3, 0.4) is 0 Å². The maximum Gasteiger partial charge on any atom is 0.230 e. The molecule has 0 aliphatic carbocycles. The van der Waals surface area contributed by atoms with Crippen molar-refractivity contribution in [1.82, 2.24) is 5.32 Å². The monoisotopic (exact) mass is 274 g/mol. The molecule has 0 saturated carbocycles. The topological polar surface area (TPSA) is 55.1 Å². The maximum absolute atomic E-state index is 11.7. The average Bonchev–Trinajstić information content (AvgIpc) is 2.44. The Labute approximate surface area is 117 Å². The molecule has 2 aromatic rings. The molecule has 0 unspecified atom stereocenters. The van der Waals surface area contributed by atoms with E-state index in [1.54, 1.807) is 11.8 Å². The molecule has 3 nitrogen and oxygen atoms in total. The first-order chi connectivity index (χ1) is 9.19. The van der Waals surface area contributed by atoms with Gasteiger partial charge in [0.1, 0.15) is 0 Å². The summed E-state index contributed by atoms with van der Waals surface area (Å²) in [7, 11) is 0. The van der Waals surface area contributed by atoms with Gasteiger partial charge in [-0.25, -0.2) is 0 Å². The third kappa shape index (κ3) is 3.98. The Morgan fingerprint density at radius 2 is 2.00 bits per heavy atom. The second kappa shape index (κ2) is 6.59. The van der Waals surface area contributed by atoms with Crippen LogP contribution in [-0.4, -0.2) is 24.2 Å². The Bertz CT molecular complexity index is 571. The maximum atomic E-state index is 11.7. The summed E-state index contributed by atoms with van der Waals surface area (Å²) in [5, 5.41) is 5.27. The van der Waals surface area contributed by atoms with Crippen molar-refractivity contribution in [3.05, 3.63) is 42.5 Å². The average molecular weight is 274 g/mol. The number of carbonyl (C=O) groups is 1. The Hall–Kier alpha value is -1.52. The molecule has 0 aliphatic rings. The Kier molecular flexibility index (Phi) is 4.82. The van der Waals surface area contributed by atoms with Crippen LogP contribution in [-0.2, 0) is 4.79 Å². The van der Waals surface area contributed by atoms with Gasteiger partial charge in [-0.15, -0.1) is 11.8 Å². The first kappa shape index (κ1) is 13.9. The highest BCUT2D eigenvalue weighted by molar-refractivity contribution is 8.00. The third-order valence-corrected chi connectivity index (χ3v) is 3.85. The van der Waals surface area contributed by atoms with Crippen molar-refractivity contribution in [1.29, 1.82) is 0 Å². The minimum Gasteiger partial charge on any atom is -0.352 e. The molecule has 0 aromatic heterocycles. The lowest BCUT2D eigenvalue weighted by molar-refractivity contribution is -0.119. The molecular weight excluding hydrogens is 256 g/mol. The van der Waals surface area contributed by atoms with Gasteiger partial charge < -0.3 is 11.1 Å². The molecule has 0 saturated heterocycles. The van der Waals surface area contributed by atoms with Gasteiger partial charge in [0.15, 0.2) is 0 Å². The molecule has 0 aliphatic heterocycles. The van der Waals surface area contributed by atoms with E-state index >= 15 is 0 Å². The molecular formula is C15H18N2OS. The molecule has 0 fully saturated rings. The van der Waals surface area contributed by atoms with E-state index in [1.165, 1.54) is 10.8 Å².